The van der Waals surface area contributed by atoms with Gasteiger partial charge in [0.1, 0.15) is 0 Å². The fourth-order valence-electron chi connectivity index (χ4n) is 1.97. The Balaban J connectivity index is 1.77. The number of carbonyl (C=O) groups excluding carboxylic acids is 2. The van der Waals surface area contributed by atoms with Crippen LogP contribution < -0.4 is 5.32 Å². The molecule has 7 nitrogen and oxygen atoms in total. The third kappa shape index (κ3) is 6.73. The predicted octanol–water partition coefficient (Wildman–Crippen LogP) is 3.77. The summed E-state index contributed by atoms with van der Waals surface area (Å²) < 4.78 is 4.83. The van der Waals surface area contributed by atoms with Crippen molar-refractivity contribution >= 4 is 46.8 Å². The monoisotopic (exact) mass is 408 g/mol. The van der Waals surface area contributed by atoms with Crippen LogP contribution in [0.25, 0.3) is 6.08 Å². The van der Waals surface area contributed by atoms with E-state index in [1.807, 2.05) is 0 Å². The lowest BCUT2D eigenvalue weighted by Gasteiger charge is -2.07. The highest BCUT2D eigenvalue weighted by atomic mass is 35.5. The number of rotatable bonds is 7. The molecule has 0 radical (unpaired) electrons. The van der Waals surface area contributed by atoms with Crippen molar-refractivity contribution in [2.24, 2.45) is 0 Å². The summed E-state index contributed by atoms with van der Waals surface area (Å²) in [5.74, 6) is -1.20. The van der Waals surface area contributed by atoms with E-state index in [2.05, 4.69) is 5.32 Å². The number of nitrogens with one attached hydrogen (secondary N) is 1. The lowest BCUT2D eigenvalue weighted by Crippen LogP contribution is -2.28. The van der Waals surface area contributed by atoms with Crippen molar-refractivity contribution in [3.05, 3.63) is 79.8 Å². The van der Waals surface area contributed by atoms with Crippen molar-refractivity contribution in [1.29, 1.82) is 0 Å². The molecule has 0 saturated heterocycles. The van der Waals surface area contributed by atoms with E-state index < -0.39 is 23.4 Å². The average molecular weight is 409 g/mol. The Hall–Kier alpha value is -2.90. The van der Waals surface area contributed by atoms with E-state index >= 15 is 0 Å². The number of halogens is 2. The Kier molecular flexibility index (Phi) is 7.34. The minimum absolute atomic E-state index is 0.0489. The molecule has 0 aliphatic rings. The molecular formula is C18H14Cl2N2O5. The van der Waals surface area contributed by atoms with Crippen molar-refractivity contribution in [3.8, 4) is 0 Å². The summed E-state index contributed by atoms with van der Waals surface area (Å²) in [6, 6.07) is 10.5. The Morgan fingerprint density at radius 2 is 1.85 bits per heavy atom. The summed E-state index contributed by atoms with van der Waals surface area (Å²) in [4.78, 5) is 33.4. The molecule has 2 aromatic rings. The summed E-state index contributed by atoms with van der Waals surface area (Å²) >= 11 is 11.8. The van der Waals surface area contributed by atoms with E-state index in [4.69, 9.17) is 27.9 Å². The first-order valence-corrected chi connectivity index (χ1v) is 8.40. The van der Waals surface area contributed by atoms with Crippen LogP contribution >= 0.6 is 23.2 Å². The van der Waals surface area contributed by atoms with Gasteiger partial charge in [-0.3, -0.25) is 14.9 Å². The summed E-state index contributed by atoms with van der Waals surface area (Å²) in [6.45, 7) is -0.278. The first kappa shape index (κ1) is 20.4. The molecular weight excluding hydrogens is 395 g/mol. The number of ether oxygens (including phenoxy) is 1. The second kappa shape index (κ2) is 9.70. The molecule has 2 aromatic carbocycles. The van der Waals surface area contributed by atoms with Crippen LogP contribution in [-0.4, -0.2) is 23.4 Å². The van der Waals surface area contributed by atoms with Gasteiger partial charge in [0, 0.05) is 34.8 Å². The molecule has 1 N–H and O–H groups in total. The van der Waals surface area contributed by atoms with Crippen LogP contribution in [0.2, 0.25) is 10.0 Å². The number of amides is 1. The van der Waals surface area contributed by atoms with Gasteiger partial charge in [-0.25, -0.2) is 4.79 Å². The van der Waals surface area contributed by atoms with Gasteiger partial charge >= 0.3 is 5.97 Å². The largest absolute Gasteiger partial charge is 0.452 e. The molecule has 0 bridgehead atoms. The number of hydrogen-bond donors (Lipinski definition) is 1. The summed E-state index contributed by atoms with van der Waals surface area (Å²) in [5.41, 5.74) is 1.21. The SMILES string of the molecule is O=C(COC(=O)/C=C/c1ccc([N+](=O)[O-])cc1)NCc1ccc(Cl)cc1Cl. The molecule has 0 heterocycles. The molecule has 27 heavy (non-hydrogen) atoms. The van der Waals surface area contributed by atoms with Crippen molar-refractivity contribution in [2.75, 3.05) is 6.61 Å². The molecule has 2 rings (SSSR count). The number of carbonyl (C=O) groups is 2. The maximum absolute atomic E-state index is 11.7. The molecule has 0 spiro atoms. The van der Waals surface area contributed by atoms with Gasteiger partial charge in [-0.1, -0.05) is 29.3 Å². The van der Waals surface area contributed by atoms with Gasteiger partial charge in [-0.15, -0.1) is 0 Å². The van der Waals surface area contributed by atoms with Crippen molar-refractivity contribution in [1.82, 2.24) is 5.32 Å². The van der Waals surface area contributed by atoms with Gasteiger partial charge in [-0.2, -0.15) is 0 Å². The first-order chi connectivity index (χ1) is 12.8. The molecule has 1 amide bonds. The van der Waals surface area contributed by atoms with Crippen molar-refractivity contribution in [3.63, 3.8) is 0 Å². The molecule has 0 atom stereocenters. The molecule has 0 aliphatic carbocycles. The summed E-state index contributed by atoms with van der Waals surface area (Å²) in [7, 11) is 0. The number of nitrogens with zero attached hydrogens (tertiary/aromatic N) is 1. The highest BCUT2D eigenvalue weighted by Gasteiger charge is 2.07. The highest BCUT2D eigenvalue weighted by molar-refractivity contribution is 6.35. The molecule has 140 valence electrons. The number of benzene rings is 2. The van der Waals surface area contributed by atoms with Crippen LogP contribution in [0, 0.1) is 10.1 Å². The lowest BCUT2D eigenvalue weighted by atomic mass is 10.2. The second-order valence-electron chi connectivity index (χ2n) is 5.30. The minimum Gasteiger partial charge on any atom is -0.452 e. The van der Waals surface area contributed by atoms with Gasteiger partial charge in [-0.05, 0) is 41.5 Å². The quantitative estimate of drug-likeness (QED) is 0.325. The fourth-order valence-corrected chi connectivity index (χ4v) is 2.44. The van der Waals surface area contributed by atoms with Crippen molar-refractivity contribution < 1.29 is 19.2 Å². The van der Waals surface area contributed by atoms with Gasteiger partial charge in [0.15, 0.2) is 6.61 Å². The van der Waals surface area contributed by atoms with Crippen LogP contribution in [0.5, 0.6) is 0 Å². The predicted molar refractivity (Wildman–Crippen MR) is 101 cm³/mol. The van der Waals surface area contributed by atoms with Gasteiger partial charge in [0.25, 0.3) is 11.6 Å². The normalized spacial score (nSPS) is 10.6. The van der Waals surface area contributed by atoms with E-state index in [-0.39, 0.29) is 12.2 Å². The van der Waals surface area contributed by atoms with Crippen LogP contribution in [0.1, 0.15) is 11.1 Å². The Morgan fingerprint density at radius 3 is 2.48 bits per heavy atom. The van der Waals surface area contributed by atoms with Crippen LogP contribution in [0.3, 0.4) is 0 Å². The molecule has 9 heteroatoms. The van der Waals surface area contributed by atoms with E-state index in [9.17, 15) is 19.7 Å². The second-order valence-corrected chi connectivity index (χ2v) is 6.15. The Bertz CT molecular complexity index is 882. The van der Waals surface area contributed by atoms with E-state index in [0.29, 0.717) is 21.2 Å². The van der Waals surface area contributed by atoms with E-state index in [1.54, 1.807) is 18.2 Å². The van der Waals surface area contributed by atoms with Gasteiger partial charge < -0.3 is 10.1 Å². The summed E-state index contributed by atoms with van der Waals surface area (Å²) in [6.07, 6.45) is 2.56. The third-order valence-corrected chi connectivity index (χ3v) is 3.94. The lowest BCUT2D eigenvalue weighted by molar-refractivity contribution is -0.384. The Labute approximate surface area is 164 Å². The molecule has 0 aliphatic heterocycles. The number of esters is 1. The van der Waals surface area contributed by atoms with Crippen molar-refractivity contribution in [2.45, 2.75) is 6.54 Å². The van der Waals surface area contributed by atoms with E-state index in [0.717, 1.165) is 6.08 Å². The van der Waals surface area contributed by atoms with Crippen LogP contribution in [0.15, 0.2) is 48.5 Å². The number of hydrogen-bond acceptors (Lipinski definition) is 5. The molecule has 0 aromatic heterocycles. The summed E-state index contributed by atoms with van der Waals surface area (Å²) in [5, 5.41) is 14.1. The minimum atomic E-state index is -0.715. The standard InChI is InChI=1S/C18H14Cl2N2O5/c19-14-5-4-13(16(20)9-14)10-21-17(23)11-27-18(24)8-3-12-1-6-15(7-2-12)22(25)26/h1-9H,10-11H2,(H,21,23)/b8-3+. The number of nitro groups is 1. The van der Waals surface area contributed by atoms with Crippen LogP contribution in [0.4, 0.5) is 5.69 Å². The topological polar surface area (TPSA) is 98.5 Å². The first-order valence-electron chi connectivity index (χ1n) is 7.65. The average Bonchev–Trinajstić information content (AvgIpc) is 2.64. The van der Waals surface area contributed by atoms with E-state index in [1.165, 1.54) is 30.3 Å². The highest BCUT2D eigenvalue weighted by Crippen LogP contribution is 2.20. The fraction of sp³-hybridized carbons (Fsp3) is 0.111. The molecule has 0 unspecified atom stereocenters. The van der Waals surface area contributed by atoms with Gasteiger partial charge in [0.2, 0.25) is 0 Å². The number of nitro benzene ring substituents is 1. The number of non-ortho nitro benzene ring substituents is 1. The zero-order valence-corrected chi connectivity index (χ0v) is 15.4. The molecule has 0 saturated carbocycles. The molecule has 0 fully saturated rings. The smallest absolute Gasteiger partial charge is 0.331 e. The maximum atomic E-state index is 11.7. The third-order valence-electron chi connectivity index (χ3n) is 3.35. The van der Waals surface area contributed by atoms with Gasteiger partial charge in [0.05, 0.1) is 4.92 Å². The Morgan fingerprint density at radius 1 is 1.15 bits per heavy atom. The maximum Gasteiger partial charge on any atom is 0.331 e. The zero-order valence-electron chi connectivity index (χ0n) is 13.9. The van der Waals surface area contributed by atoms with Crippen LogP contribution in [-0.2, 0) is 20.9 Å². The zero-order chi connectivity index (χ0) is 19.8.